The van der Waals surface area contributed by atoms with Crippen LogP contribution < -0.4 is 4.90 Å². The van der Waals surface area contributed by atoms with Gasteiger partial charge in [-0.2, -0.15) is 0 Å². The van der Waals surface area contributed by atoms with Crippen molar-refractivity contribution in [3.05, 3.63) is 18.1 Å². The number of carboxylic acid groups (broad SMARTS) is 1. The number of aromatic nitrogens is 3. The normalized spacial score (nSPS) is 21.5. The fourth-order valence-corrected chi connectivity index (χ4v) is 3.43. The first-order valence-corrected chi connectivity index (χ1v) is 8.26. The van der Waals surface area contributed by atoms with Gasteiger partial charge >= 0.3 is 5.97 Å². The second kappa shape index (κ2) is 6.37. The van der Waals surface area contributed by atoms with E-state index in [9.17, 15) is 9.90 Å². The molecule has 2 fully saturated rings. The number of anilines is 1. The third kappa shape index (κ3) is 2.71. The molecule has 8 heteroatoms. The summed E-state index contributed by atoms with van der Waals surface area (Å²) in [7, 11) is 0. The molecule has 0 spiro atoms. The molecular weight excluding hydrogens is 312 g/mol. The zero-order valence-electron chi connectivity index (χ0n) is 13.3. The van der Waals surface area contributed by atoms with E-state index in [2.05, 4.69) is 14.9 Å². The van der Waals surface area contributed by atoms with Gasteiger partial charge in [-0.05, 0) is 18.9 Å². The molecule has 8 nitrogen and oxygen atoms in total. The number of hydrogen-bond donors (Lipinski definition) is 1. The second-order valence-electron chi connectivity index (χ2n) is 6.11. The lowest BCUT2D eigenvalue weighted by Crippen LogP contribution is -2.36. The number of carbonyl (C=O) groups is 1. The highest BCUT2D eigenvalue weighted by Crippen LogP contribution is 2.28. The zero-order chi connectivity index (χ0) is 16.5. The van der Waals surface area contributed by atoms with Crippen molar-refractivity contribution < 1.29 is 19.4 Å². The van der Waals surface area contributed by atoms with Crippen molar-refractivity contribution >= 4 is 22.8 Å². The van der Waals surface area contributed by atoms with Crippen LogP contribution in [-0.4, -0.2) is 64.6 Å². The lowest BCUT2D eigenvalue weighted by Gasteiger charge is -2.28. The number of fused-ring (bicyclic) bond motifs is 1. The average Bonchev–Trinajstić information content (AvgIpc) is 3.24. The van der Waals surface area contributed by atoms with Crippen LogP contribution in [0, 0.1) is 0 Å². The summed E-state index contributed by atoms with van der Waals surface area (Å²) in [5.74, 6) is -0.184. The third-order valence-corrected chi connectivity index (χ3v) is 4.61. The fourth-order valence-electron chi connectivity index (χ4n) is 3.43. The van der Waals surface area contributed by atoms with Crippen molar-refractivity contribution in [3.63, 3.8) is 0 Å². The van der Waals surface area contributed by atoms with Crippen LogP contribution in [0.3, 0.4) is 0 Å². The number of aromatic carboxylic acids is 1. The zero-order valence-corrected chi connectivity index (χ0v) is 13.3. The molecule has 2 aliphatic heterocycles. The number of rotatable bonds is 4. The Balaban J connectivity index is 1.78. The Morgan fingerprint density at radius 3 is 2.83 bits per heavy atom. The minimum Gasteiger partial charge on any atom is -0.477 e. The summed E-state index contributed by atoms with van der Waals surface area (Å²) in [6, 6.07) is 1.68. The average molecular weight is 332 g/mol. The van der Waals surface area contributed by atoms with Crippen molar-refractivity contribution in [2.75, 3.05) is 37.8 Å². The van der Waals surface area contributed by atoms with Gasteiger partial charge in [0.1, 0.15) is 23.5 Å². The highest BCUT2D eigenvalue weighted by Gasteiger charge is 2.25. The Morgan fingerprint density at radius 1 is 1.29 bits per heavy atom. The summed E-state index contributed by atoms with van der Waals surface area (Å²) in [4.78, 5) is 22.6. The van der Waals surface area contributed by atoms with E-state index >= 15 is 0 Å². The van der Waals surface area contributed by atoms with Crippen molar-refractivity contribution in [1.82, 2.24) is 14.5 Å². The maximum Gasteiger partial charge on any atom is 0.352 e. The standard InChI is InChI=1S/C16H20N4O4/c21-16(22)13-8-12-14(19-3-6-23-7-4-19)17-10-18-15(12)20(13)9-11-2-1-5-24-11/h8,10-11H,1-7,9H2,(H,21,22). The van der Waals surface area contributed by atoms with Crippen LogP contribution >= 0.6 is 0 Å². The number of ether oxygens (including phenoxy) is 2. The van der Waals surface area contributed by atoms with Crippen LogP contribution in [0.5, 0.6) is 0 Å². The molecule has 0 aliphatic carbocycles. The topological polar surface area (TPSA) is 89.7 Å². The molecule has 1 unspecified atom stereocenters. The number of nitrogens with zero attached hydrogens (tertiary/aromatic N) is 4. The molecule has 2 saturated heterocycles. The summed E-state index contributed by atoms with van der Waals surface area (Å²) < 4.78 is 12.8. The van der Waals surface area contributed by atoms with Crippen molar-refractivity contribution in [1.29, 1.82) is 0 Å². The maximum atomic E-state index is 11.7. The van der Waals surface area contributed by atoms with Gasteiger partial charge in [-0.25, -0.2) is 14.8 Å². The first-order valence-electron chi connectivity index (χ1n) is 8.26. The highest BCUT2D eigenvalue weighted by atomic mass is 16.5. The SMILES string of the molecule is O=C(O)c1cc2c(N3CCOCC3)ncnc2n1CC1CCCO1. The maximum absolute atomic E-state index is 11.7. The van der Waals surface area contributed by atoms with Gasteiger partial charge < -0.3 is 24.0 Å². The van der Waals surface area contributed by atoms with E-state index in [0.29, 0.717) is 25.4 Å². The van der Waals surface area contributed by atoms with Gasteiger partial charge in [-0.1, -0.05) is 0 Å². The summed E-state index contributed by atoms with van der Waals surface area (Å²) >= 11 is 0. The molecule has 24 heavy (non-hydrogen) atoms. The smallest absolute Gasteiger partial charge is 0.352 e. The van der Waals surface area contributed by atoms with E-state index in [1.165, 1.54) is 6.33 Å². The molecule has 4 rings (SSSR count). The van der Waals surface area contributed by atoms with Crippen LogP contribution in [0.25, 0.3) is 11.0 Å². The van der Waals surface area contributed by atoms with E-state index in [0.717, 1.165) is 43.7 Å². The highest BCUT2D eigenvalue weighted by molar-refractivity contribution is 5.97. The van der Waals surface area contributed by atoms with E-state index in [1.807, 2.05) is 0 Å². The molecule has 0 bridgehead atoms. The first kappa shape index (κ1) is 15.3. The molecule has 4 heterocycles. The summed E-state index contributed by atoms with van der Waals surface area (Å²) in [5, 5.41) is 10.4. The largest absolute Gasteiger partial charge is 0.477 e. The minimum absolute atomic E-state index is 0.0421. The first-order chi connectivity index (χ1) is 11.7. The van der Waals surface area contributed by atoms with E-state index in [-0.39, 0.29) is 11.8 Å². The molecule has 2 aromatic rings. The third-order valence-electron chi connectivity index (χ3n) is 4.61. The fraction of sp³-hybridized carbons (Fsp3) is 0.562. The van der Waals surface area contributed by atoms with Gasteiger partial charge in [0, 0.05) is 19.7 Å². The molecular formula is C16H20N4O4. The molecule has 2 aliphatic rings. The molecule has 0 aromatic carbocycles. The van der Waals surface area contributed by atoms with Gasteiger partial charge in [0.15, 0.2) is 0 Å². The van der Waals surface area contributed by atoms with Gasteiger partial charge in [0.2, 0.25) is 0 Å². The predicted octanol–water partition coefficient (Wildman–Crippen LogP) is 1.15. The lowest BCUT2D eigenvalue weighted by atomic mass is 10.2. The van der Waals surface area contributed by atoms with Gasteiger partial charge in [0.05, 0.1) is 31.2 Å². The van der Waals surface area contributed by atoms with Gasteiger partial charge in [0.25, 0.3) is 0 Å². The molecule has 0 amide bonds. The number of morpholine rings is 1. The number of carboxylic acids is 1. The van der Waals surface area contributed by atoms with Gasteiger partial charge in [-0.15, -0.1) is 0 Å². The van der Waals surface area contributed by atoms with Crippen molar-refractivity contribution in [3.8, 4) is 0 Å². The summed E-state index contributed by atoms with van der Waals surface area (Å²) in [5.41, 5.74) is 0.884. The summed E-state index contributed by atoms with van der Waals surface area (Å²) in [6.07, 6.45) is 3.51. The molecule has 128 valence electrons. The monoisotopic (exact) mass is 332 g/mol. The van der Waals surface area contributed by atoms with E-state index in [4.69, 9.17) is 9.47 Å². The Bertz CT molecular complexity index is 748. The van der Waals surface area contributed by atoms with Gasteiger partial charge in [-0.3, -0.25) is 0 Å². The van der Waals surface area contributed by atoms with Crippen LogP contribution in [0.1, 0.15) is 23.3 Å². The molecule has 1 atom stereocenters. The quantitative estimate of drug-likeness (QED) is 0.898. The van der Waals surface area contributed by atoms with Crippen LogP contribution in [0.15, 0.2) is 12.4 Å². The van der Waals surface area contributed by atoms with E-state index < -0.39 is 5.97 Å². The summed E-state index contributed by atoms with van der Waals surface area (Å²) in [6.45, 7) is 4.02. The molecule has 1 N–H and O–H groups in total. The van der Waals surface area contributed by atoms with Crippen molar-refractivity contribution in [2.24, 2.45) is 0 Å². The van der Waals surface area contributed by atoms with Crippen LogP contribution in [0.4, 0.5) is 5.82 Å². The van der Waals surface area contributed by atoms with Crippen LogP contribution in [-0.2, 0) is 16.0 Å². The predicted molar refractivity (Wildman–Crippen MR) is 86.5 cm³/mol. The number of hydrogen-bond acceptors (Lipinski definition) is 6. The Hall–Kier alpha value is -2.19. The second-order valence-corrected chi connectivity index (χ2v) is 6.11. The molecule has 2 aromatic heterocycles. The lowest BCUT2D eigenvalue weighted by molar-refractivity contribution is 0.0672. The van der Waals surface area contributed by atoms with E-state index in [1.54, 1.807) is 10.6 Å². The van der Waals surface area contributed by atoms with Crippen molar-refractivity contribution in [2.45, 2.75) is 25.5 Å². The Morgan fingerprint density at radius 2 is 2.12 bits per heavy atom. The molecule has 0 saturated carbocycles. The Labute approximate surface area is 139 Å². The minimum atomic E-state index is -0.959. The Kier molecular flexibility index (Phi) is 4.07. The van der Waals surface area contributed by atoms with Crippen LogP contribution in [0.2, 0.25) is 0 Å². The molecule has 0 radical (unpaired) electrons.